The van der Waals surface area contributed by atoms with E-state index in [4.69, 9.17) is 4.74 Å². The van der Waals surface area contributed by atoms with E-state index in [1.807, 2.05) is 31.2 Å². The molecule has 0 saturated carbocycles. The lowest BCUT2D eigenvalue weighted by molar-refractivity contribution is 0.0910. The highest BCUT2D eigenvalue weighted by atomic mass is 79.9. The Morgan fingerprint density at radius 1 is 1.44 bits per heavy atom. The van der Waals surface area contributed by atoms with Crippen molar-refractivity contribution in [1.82, 2.24) is 5.32 Å². The molecule has 4 heteroatoms. The zero-order chi connectivity index (χ0) is 13.0. The van der Waals surface area contributed by atoms with Crippen LogP contribution in [0.4, 0.5) is 0 Å². The van der Waals surface area contributed by atoms with Gasteiger partial charge in [-0.05, 0) is 37.5 Å². The third-order valence-corrected chi connectivity index (χ3v) is 4.07. The summed E-state index contributed by atoms with van der Waals surface area (Å²) >= 11 is 3.42. The maximum Gasteiger partial charge on any atom is 0.0700 e. The van der Waals surface area contributed by atoms with Gasteiger partial charge in [-0.15, -0.1) is 0 Å². The summed E-state index contributed by atoms with van der Waals surface area (Å²) < 4.78 is 6.64. The molecule has 0 bridgehead atoms. The van der Waals surface area contributed by atoms with Crippen molar-refractivity contribution in [1.29, 1.82) is 0 Å². The lowest BCUT2D eigenvalue weighted by Gasteiger charge is -2.30. The van der Waals surface area contributed by atoms with E-state index in [0.29, 0.717) is 0 Å². The summed E-state index contributed by atoms with van der Waals surface area (Å²) in [5.74, 6) is 0. The maximum absolute atomic E-state index is 9.67. The van der Waals surface area contributed by atoms with E-state index in [-0.39, 0.29) is 12.7 Å². The molecular weight excluding hydrogens is 294 g/mol. The number of halogens is 1. The standard InChI is InChI=1S/C14H20BrNO2/c1-14(10-17,11-4-6-12(15)7-5-11)16-9-13-3-2-8-18-13/h4-7,13,16-17H,2-3,8-10H2,1H3. The van der Waals surface area contributed by atoms with Gasteiger partial charge in [0.2, 0.25) is 0 Å². The van der Waals surface area contributed by atoms with Crippen LogP contribution in [0.15, 0.2) is 28.7 Å². The van der Waals surface area contributed by atoms with Crippen LogP contribution >= 0.6 is 15.9 Å². The minimum Gasteiger partial charge on any atom is -0.394 e. The molecule has 1 aliphatic rings. The SMILES string of the molecule is CC(CO)(NCC1CCCO1)c1ccc(Br)cc1. The topological polar surface area (TPSA) is 41.5 Å². The van der Waals surface area contributed by atoms with E-state index in [0.717, 1.165) is 36.0 Å². The Balaban J connectivity index is 2.01. The third kappa shape index (κ3) is 3.32. The normalized spacial score (nSPS) is 22.9. The summed E-state index contributed by atoms with van der Waals surface area (Å²) in [6, 6.07) is 8.06. The highest BCUT2D eigenvalue weighted by molar-refractivity contribution is 9.10. The van der Waals surface area contributed by atoms with Gasteiger partial charge in [-0.1, -0.05) is 28.1 Å². The Morgan fingerprint density at radius 3 is 2.72 bits per heavy atom. The second-order valence-electron chi connectivity index (χ2n) is 5.01. The smallest absolute Gasteiger partial charge is 0.0700 e. The monoisotopic (exact) mass is 313 g/mol. The van der Waals surface area contributed by atoms with Crippen LogP contribution in [-0.4, -0.2) is 31.0 Å². The van der Waals surface area contributed by atoms with E-state index in [1.54, 1.807) is 0 Å². The van der Waals surface area contributed by atoms with Gasteiger partial charge in [-0.2, -0.15) is 0 Å². The Hall–Kier alpha value is -0.420. The molecule has 0 aliphatic carbocycles. The van der Waals surface area contributed by atoms with E-state index in [1.165, 1.54) is 0 Å². The first-order valence-corrected chi connectivity index (χ1v) is 7.17. The molecule has 2 atom stereocenters. The van der Waals surface area contributed by atoms with Crippen molar-refractivity contribution in [2.24, 2.45) is 0 Å². The summed E-state index contributed by atoms with van der Waals surface area (Å²) in [4.78, 5) is 0. The van der Waals surface area contributed by atoms with Gasteiger partial charge in [-0.25, -0.2) is 0 Å². The molecule has 1 aliphatic heterocycles. The fourth-order valence-electron chi connectivity index (χ4n) is 2.21. The van der Waals surface area contributed by atoms with Crippen LogP contribution in [0.5, 0.6) is 0 Å². The molecular formula is C14H20BrNO2. The number of nitrogens with one attached hydrogen (secondary N) is 1. The van der Waals surface area contributed by atoms with E-state index < -0.39 is 5.54 Å². The average molecular weight is 314 g/mol. The van der Waals surface area contributed by atoms with Crippen LogP contribution in [0.25, 0.3) is 0 Å². The zero-order valence-electron chi connectivity index (χ0n) is 10.7. The van der Waals surface area contributed by atoms with Crippen molar-refractivity contribution in [2.75, 3.05) is 19.8 Å². The van der Waals surface area contributed by atoms with Crippen molar-refractivity contribution in [3.63, 3.8) is 0 Å². The lowest BCUT2D eigenvalue weighted by atomic mass is 9.92. The van der Waals surface area contributed by atoms with Gasteiger partial charge in [0.25, 0.3) is 0 Å². The summed E-state index contributed by atoms with van der Waals surface area (Å²) in [5, 5.41) is 13.1. The molecule has 0 aromatic heterocycles. The van der Waals surface area contributed by atoms with Gasteiger partial charge >= 0.3 is 0 Å². The number of benzene rings is 1. The first-order valence-electron chi connectivity index (χ1n) is 6.37. The van der Waals surface area contributed by atoms with Gasteiger partial charge in [0.15, 0.2) is 0 Å². The van der Waals surface area contributed by atoms with Gasteiger partial charge in [-0.3, -0.25) is 0 Å². The van der Waals surface area contributed by atoms with Gasteiger partial charge in [0.05, 0.1) is 18.2 Å². The Labute approximate surface area is 117 Å². The largest absolute Gasteiger partial charge is 0.394 e. The molecule has 2 unspecified atom stereocenters. The number of rotatable bonds is 5. The van der Waals surface area contributed by atoms with Crippen molar-refractivity contribution in [3.05, 3.63) is 34.3 Å². The third-order valence-electron chi connectivity index (χ3n) is 3.54. The quantitative estimate of drug-likeness (QED) is 0.877. The highest BCUT2D eigenvalue weighted by Gasteiger charge is 2.27. The van der Waals surface area contributed by atoms with Crippen LogP contribution in [0, 0.1) is 0 Å². The summed E-state index contributed by atoms with van der Waals surface area (Å²) in [6.45, 7) is 3.74. The minimum absolute atomic E-state index is 0.0708. The molecule has 100 valence electrons. The predicted molar refractivity (Wildman–Crippen MR) is 75.6 cm³/mol. The molecule has 0 spiro atoms. The van der Waals surface area contributed by atoms with Gasteiger partial charge in [0, 0.05) is 17.6 Å². The molecule has 3 nitrogen and oxygen atoms in total. The van der Waals surface area contributed by atoms with Gasteiger partial charge < -0.3 is 15.2 Å². The van der Waals surface area contributed by atoms with Crippen LogP contribution in [-0.2, 0) is 10.3 Å². The molecule has 0 amide bonds. The molecule has 1 saturated heterocycles. The van der Waals surface area contributed by atoms with Crippen LogP contribution in [0.1, 0.15) is 25.3 Å². The summed E-state index contributed by atoms with van der Waals surface area (Å²) in [6.07, 6.45) is 2.53. The molecule has 1 aromatic rings. The van der Waals surface area contributed by atoms with E-state index in [9.17, 15) is 5.11 Å². The first kappa shape index (κ1) is 14.0. The van der Waals surface area contributed by atoms with E-state index >= 15 is 0 Å². The molecule has 1 heterocycles. The molecule has 18 heavy (non-hydrogen) atoms. The van der Waals surface area contributed by atoms with Gasteiger partial charge in [0.1, 0.15) is 0 Å². The number of ether oxygens (including phenoxy) is 1. The number of hydrogen-bond donors (Lipinski definition) is 2. The summed E-state index contributed by atoms with van der Waals surface area (Å²) in [5.41, 5.74) is 0.679. The van der Waals surface area contributed by atoms with E-state index in [2.05, 4.69) is 21.2 Å². The maximum atomic E-state index is 9.67. The van der Waals surface area contributed by atoms with Crippen molar-refractivity contribution in [3.8, 4) is 0 Å². The average Bonchev–Trinajstić information content (AvgIpc) is 2.90. The predicted octanol–water partition coefficient (Wildman–Crippen LogP) is 2.43. The van der Waals surface area contributed by atoms with Crippen LogP contribution in [0.2, 0.25) is 0 Å². The highest BCUT2D eigenvalue weighted by Crippen LogP contribution is 2.23. The fourth-order valence-corrected chi connectivity index (χ4v) is 2.48. The Morgan fingerprint density at radius 2 is 2.17 bits per heavy atom. The van der Waals surface area contributed by atoms with Crippen LogP contribution in [0.3, 0.4) is 0 Å². The molecule has 1 fully saturated rings. The van der Waals surface area contributed by atoms with Crippen molar-refractivity contribution in [2.45, 2.75) is 31.4 Å². The molecule has 1 aromatic carbocycles. The Kier molecular flexibility index (Phi) is 4.78. The lowest BCUT2D eigenvalue weighted by Crippen LogP contribution is -2.46. The zero-order valence-corrected chi connectivity index (χ0v) is 12.2. The van der Waals surface area contributed by atoms with Crippen LogP contribution < -0.4 is 5.32 Å². The van der Waals surface area contributed by atoms with Crippen molar-refractivity contribution >= 4 is 15.9 Å². The molecule has 2 rings (SSSR count). The number of aliphatic hydroxyl groups excluding tert-OH is 1. The minimum atomic E-state index is -0.410. The van der Waals surface area contributed by atoms with Crippen molar-refractivity contribution < 1.29 is 9.84 Å². The number of aliphatic hydroxyl groups is 1. The molecule has 0 radical (unpaired) electrons. The second kappa shape index (κ2) is 6.15. The number of hydrogen-bond acceptors (Lipinski definition) is 3. The fraction of sp³-hybridized carbons (Fsp3) is 0.571. The first-order chi connectivity index (χ1) is 8.64. The Bertz CT molecular complexity index is 376. The second-order valence-corrected chi connectivity index (χ2v) is 5.93. The molecule has 2 N–H and O–H groups in total. The summed E-state index contributed by atoms with van der Waals surface area (Å²) in [7, 11) is 0.